The largest absolute Gasteiger partial charge is 0.352 e. The number of halogens is 1. The number of anilines is 1. The van der Waals surface area contributed by atoms with Crippen molar-refractivity contribution in [2.75, 3.05) is 11.9 Å². The average molecular weight is 392 g/mol. The number of benzene rings is 2. The normalized spacial score (nSPS) is 16.2. The van der Waals surface area contributed by atoms with Crippen LogP contribution in [-0.2, 0) is 17.9 Å². The molecule has 0 saturated carbocycles. The number of aromatic amines is 1. The summed E-state index contributed by atoms with van der Waals surface area (Å²) in [6.45, 7) is 1.39. The lowest BCUT2D eigenvalue weighted by Gasteiger charge is -2.17. The SMILES string of the molecule is O=C1C[C@@H](c2cc(=O)[nH]c(NCc3cccc(F)c3)n2)CN1Cc1ccccc1. The number of hydrogen-bond donors (Lipinski definition) is 2. The topological polar surface area (TPSA) is 78.1 Å². The molecule has 2 aromatic carbocycles. The zero-order valence-electron chi connectivity index (χ0n) is 15.8. The molecule has 1 saturated heterocycles. The summed E-state index contributed by atoms with van der Waals surface area (Å²) >= 11 is 0. The van der Waals surface area contributed by atoms with E-state index in [-0.39, 0.29) is 23.2 Å². The number of aromatic nitrogens is 2. The molecule has 0 bridgehead atoms. The van der Waals surface area contributed by atoms with Gasteiger partial charge in [-0.3, -0.25) is 14.6 Å². The molecule has 29 heavy (non-hydrogen) atoms. The average Bonchev–Trinajstić information content (AvgIpc) is 3.07. The number of amides is 1. The van der Waals surface area contributed by atoms with Crippen LogP contribution in [0.15, 0.2) is 65.5 Å². The molecule has 0 aliphatic carbocycles. The molecule has 1 aliphatic heterocycles. The van der Waals surface area contributed by atoms with Crippen molar-refractivity contribution in [3.63, 3.8) is 0 Å². The van der Waals surface area contributed by atoms with Crippen LogP contribution in [-0.4, -0.2) is 27.3 Å². The Bertz CT molecular complexity index is 1070. The second-order valence-electron chi connectivity index (χ2n) is 7.16. The maximum atomic E-state index is 13.3. The number of carbonyl (C=O) groups is 1. The molecule has 3 aromatic rings. The molecule has 0 spiro atoms. The predicted octanol–water partition coefficient (Wildman–Crippen LogP) is 3.04. The number of nitrogens with one attached hydrogen (secondary N) is 2. The molecule has 2 heterocycles. The number of likely N-dealkylation sites (tertiary alicyclic amines) is 1. The highest BCUT2D eigenvalue weighted by Crippen LogP contribution is 2.28. The summed E-state index contributed by atoms with van der Waals surface area (Å²) in [4.78, 5) is 33.5. The van der Waals surface area contributed by atoms with E-state index in [1.807, 2.05) is 30.3 Å². The Morgan fingerprint density at radius 1 is 1.07 bits per heavy atom. The van der Waals surface area contributed by atoms with Gasteiger partial charge in [-0.15, -0.1) is 0 Å². The molecule has 1 atom stereocenters. The molecule has 0 radical (unpaired) electrons. The number of carbonyl (C=O) groups excluding carboxylic acids is 1. The molecule has 0 unspecified atom stereocenters. The Morgan fingerprint density at radius 3 is 2.66 bits per heavy atom. The predicted molar refractivity (Wildman–Crippen MR) is 108 cm³/mol. The first-order valence-electron chi connectivity index (χ1n) is 9.48. The van der Waals surface area contributed by atoms with Gasteiger partial charge in [0.25, 0.3) is 5.56 Å². The Labute approximate surface area is 167 Å². The van der Waals surface area contributed by atoms with Gasteiger partial charge in [0, 0.05) is 38.0 Å². The Balaban J connectivity index is 1.46. The summed E-state index contributed by atoms with van der Waals surface area (Å²) in [6.07, 6.45) is 0.326. The van der Waals surface area contributed by atoms with Gasteiger partial charge in [0.2, 0.25) is 11.9 Å². The highest BCUT2D eigenvalue weighted by molar-refractivity contribution is 5.79. The quantitative estimate of drug-likeness (QED) is 0.676. The minimum Gasteiger partial charge on any atom is -0.352 e. The van der Waals surface area contributed by atoms with Gasteiger partial charge in [-0.25, -0.2) is 9.37 Å². The molecule has 148 valence electrons. The van der Waals surface area contributed by atoms with Gasteiger partial charge in [0.1, 0.15) is 5.82 Å². The fourth-order valence-corrected chi connectivity index (χ4v) is 3.53. The first kappa shape index (κ1) is 18.9. The molecule has 1 aliphatic rings. The maximum Gasteiger partial charge on any atom is 0.252 e. The van der Waals surface area contributed by atoms with Crippen molar-refractivity contribution in [3.05, 3.63) is 93.7 Å². The third-order valence-corrected chi connectivity index (χ3v) is 4.96. The zero-order chi connectivity index (χ0) is 20.2. The lowest BCUT2D eigenvalue weighted by atomic mass is 10.0. The van der Waals surface area contributed by atoms with Crippen molar-refractivity contribution >= 4 is 11.9 Å². The van der Waals surface area contributed by atoms with Gasteiger partial charge in [-0.1, -0.05) is 42.5 Å². The van der Waals surface area contributed by atoms with Gasteiger partial charge in [-0.05, 0) is 23.3 Å². The second kappa shape index (κ2) is 8.26. The van der Waals surface area contributed by atoms with E-state index in [1.54, 1.807) is 17.0 Å². The van der Waals surface area contributed by atoms with E-state index in [4.69, 9.17) is 0 Å². The van der Waals surface area contributed by atoms with Crippen LogP contribution < -0.4 is 10.9 Å². The third-order valence-electron chi connectivity index (χ3n) is 4.96. The first-order chi connectivity index (χ1) is 14.1. The summed E-state index contributed by atoms with van der Waals surface area (Å²) in [5.74, 6) is -0.0911. The van der Waals surface area contributed by atoms with Gasteiger partial charge in [-0.2, -0.15) is 0 Å². The summed E-state index contributed by atoms with van der Waals surface area (Å²) in [5, 5.41) is 3.02. The van der Waals surface area contributed by atoms with Crippen molar-refractivity contribution < 1.29 is 9.18 Å². The van der Waals surface area contributed by atoms with Crippen LogP contribution in [0.3, 0.4) is 0 Å². The Hall–Kier alpha value is -3.48. The maximum absolute atomic E-state index is 13.3. The molecule has 7 heteroatoms. The van der Waals surface area contributed by atoms with Crippen molar-refractivity contribution in [2.45, 2.75) is 25.4 Å². The minimum absolute atomic E-state index is 0.0511. The number of rotatable bonds is 6. The van der Waals surface area contributed by atoms with E-state index >= 15 is 0 Å². The van der Waals surface area contributed by atoms with E-state index in [1.165, 1.54) is 18.2 Å². The van der Waals surface area contributed by atoms with Gasteiger partial charge >= 0.3 is 0 Å². The van der Waals surface area contributed by atoms with Crippen LogP contribution in [0.2, 0.25) is 0 Å². The highest BCUT2D eigenvalue weighted by atomic mass is 19.1. The van der Waals surface area contributed by atoms with Crippen molar-refractivity contribution in [1.29, 1.82) is 0 Å². The Morgan fingerprint density at radius 2 is 1.86 bits per heavy atom. The van der Waals surface area contributed by atoms with Gasteiger partial charge < -0.3 is 10.2 Å². The van der Waals surface area contributed by atoms with Crippen LogP contribution in [0, 0.1) is 5.82 Å². The van der Waals surface area contributed by atoms with Crippen LogP contribution in [0.5, 0.6) is 0 Å². The fraction of sp³-hybridized carbons (Fsp3) is 0.227. The third kappa shape index (κ3) is 4.68. The summed E-state index contributed by atoms with van der Waals surface area (Å²) in [5.41, 5.74) is 2.10. The summed E-state index contributed by atoms with van der Waals surface area (Å²) in [6, 6.07) is 17.5. The number of H-pyrrole nitrogens is 1. The molecule has 6 nitrogen and oxygen atoms in total. The van der Waals surface area contributed by atoms with Crippen molar-refractivity contribution in [2.24, 2.45) is 0 Å². The molecule has 2 N–H and O–H groups in total. The van der Waals surface area contributed by atoms with Crippen LogP contribution in [0.25, 0.3) is 0 Å². The van der Waals surface area contributed by atoms with E-state index in [0.29, 0.717) is 37.7 Å². The van der Waals surface area contributed by atoms with E-state index in [9.17, 15) is 14.0 Å². The second-order valence-corrected chi connectivity index (χ2v) is 7.16. The van der Waals surface area contributed by atoms with Crippen molar-refractivity contribution in [1.82, 2.24) is 14.9 Å². The summed E-state index contributed by atoms with van der Waals surface area (Å²) in [7, 11) is 0. The lowest BCUT2D eigenvalue weighted by Crippen LogP contribution is -2.24. The molecular formula is C22H21FN4O2. The highest BCUT2D eigenvalue weighted by Gasteiger charge is 2.31. The molecule has 4 rings (SSSR count). The smallest absolute Gasteiger partial charge is 0.252 e. The molecule has 1 amide bonds. The first-order valence-corrected chi connectivity index (χ1v) is 9.48. The lowest BCUT2D eigenvalue weighted by molar-refractivity contribution is -0.128. The minimum atomic E-state index is -0.317. The van der Waals surface area contributed by atoms with Crippen LogP contribution >= 0.6 is 0 Å². The van der Waals surface area contributed by atoms with Crippen molar-refractivity contribution in [3.8, 4) is 0 Å². The van der Waals surface area contributed by atoms with Crippen LogP contribution in [0.1, 0.15) is 29.2 Å². The van der Waals surface area contributed by atoms with Gasteiger partial charge in [0.15, 0.2) is 0 Å². The van der Waals surface area contributed by atoms with E-state index in [2.05, 4.69) is 15.3 Å². The van der Waals surface area contributed by atoms with Crippen LogP contribution in [0.4, 0.5) is 10.3 Å². The molecular weight excluding hydrogens is 371 g/mol. The fourth-order valence-electron chi connectivity index (χ4n) is 3.53. The standard InChI is InChI=1S/C22H21FN4O2/c23-18-8-4-7-16(9-18)12-24-22-25-19(11-20(28)26-22)17-10-21(29)27(14-17)13-15-5-2-1-3-6-15/h1-9,11,17H,10,12-14H2,(H2,24,25,26,28)/t17-/m1/s1. The monoisotopic (exact) mass is 392 g/mol. The van der Waals surface area contributed by atoms with Gasteiger partial charge in [0.05, 0.1) is 5.69 Å². The Kier molecular flexibility index (Phi) is 5.37. The zero-order valence-corrected chi connectivity index (χ0v) is 15.8. The number of nitrogens with zero attached hydrogens (tertiary/aromatic N) is 2. The van der Waals surface area contributed by atoms with E-state index in [0.717, 1.165) is 11.1 Å². The summed E-state index contributed by atoms with van der Waals surface area (Å²) < 4.78 is 13.3. The number of hydrogen-bond acceptors (Lipinski definition) is 4. The molecule has 1 fully saturated rings. The van der Waals surface area contributed by atoms with E-state index < -0.39 is 0 Å². The molecule has 1 aromatic heterocycles.